The number of hydrogen-bond donors (Lipinski definition) is 0. The van der Waals surface area contributed by atoms with E-state index in [2.05, 4.69) is 4.18 Å². The Hall–Kier alpha value is -3.11. The fourth-order valence-corrected chi connectivity index (χ4v) is 3.71. The quantitative estimate of drug-likeness (QED) is 0.251. The minimum absolute atomic E-state index is 0.0569. The maximum absolute atomic E-state index is 12.6. The predicted molar refractivity (Wildman–Crippen MR) is 117 cm³/mol. The zero-order chi connectivity index (χ0) is 24.2. The molecule has 0 N–H and O–H groups in total. The number of aromatic nitrogens is 1. The minimum atomic E-state index is -5.74. The smallest absolute Gasteiger partial charge is 0.465 e. The van der Waals surface area contributed by atoms with E-state index in [0.717, 1.165) is 11.1 Å². The number of nitrogens with zero attached hydrogens (tertiary/aromatic N) is 1. The first-order valence-corrected chi connectivity index (χ1v) is 11.2. The highest BCUT2D eigenvalue weighted by Crippen LogP contribution is 2.32. The zero-order valence-electron chi connectivity index (χ0n) is 18.1. The van der Waals surface area contributed by atoms with E-state index in [-0.39, 0.29) is 6.79 Å². The molecule has 0 aliphatic heterocycles. The summed E-state index contributed by atoms with van der Waals surface area (Å²) in [6.07, 6.45) is 0.369. The van der Waals surface area contributed by atoms with Crippen LogP contribution in [0.15, 0.2) is 54.6 Å². The van der Waals surface area contributed by atoms with E-state index < -0.39 is 21.4 Å². The van der Waals surface area contributed by atoms with Gasteiger partial charge in [-0.3, -0.25) is 0 Å². The average Bonchev–Trinajstić information content (AvgIpc) is 2.74. The molecule has 3 rings (SSSR count). The number of pyridine rings is 1. The largest absolute Gasteiger partial charge is 0.534 e. The molecule has 33 heavy (non-hydrogen) atoms. The van der Waals surface area contributed by atoms with Crippen molar-refractivity contribution in [1.29, 1.82) is 0 Å². The molecular weight excluding hydrogens is 459 g/mol. The summed E-state index contributed by atoms with van der Waals surface area (Å²) in [5, 5.41) is 0. The second kappa shape index (κ2) is 9.80. The molecule has 0 unspecified atom stereocenters. The Morgan fingerprint density at radius 3 is 2.18 bits per heavy atom. The van der Waals surface area contributed by atoms with Crippen LogP contribution in [0.1, 0.15) is 22.4 Å². The summed E-state index contributed by atoms with van der Waals surface area (Å²) in [4.78, 5) is 4.73. The van der Waals surface area contributed by atoms with Gasteiger partial charge in [0.25, 0.3) is 0 Å². The van der Waals surface area contributed by atoms with E-state index >= 15 is 0 Å². The van der Waals surface area contributed by atoms with Gasteiger partial charge in [0.05, 0.1) is 0 Å². The van der Waals surface area contributed by atoms with Gasteiger partial charge in [-0.25, -0.2) is 4.98 Å². The van der Waals surface area contributed by atoms with E-state index in [9.17, 15) is 21.6 Å². The van der Waals surface area contributed by atoms with Crippen molar-refractivity contribution in [3.05, 3.63) is 77.0 Å². The minimum Gasteiger partial charge on any atom is -0.465 e. The summed E-state index contributed by atoms with van der Waals surface area (Å²) in [6.45, 7) is 3.40. The fraction of sp³-hybridized carbons (Fsp3) is 0.261. The maximum atomic E-state index is 12.6. The van der Waals surface area contributed by atoms with Gasteiger partial charge in [0.2, 0.25) is 0 Å². The van der Waals surface area contributed by atoms with E-state index in [1.54, 1.807) is 26.0 Å². The highest BCUT2D eigenvalue weighted by Gasteiger charge is 2.48. The Bertz CT molecular complexity index is 1210. The van der Waals surface area contributed by atoms with E-state index in [1.807, 2.05) is 30.3 Å². The molecule has 0 bridgehead atoms. The molecule has 0 aliphatic rings. The Morgan fingerprint density at radius 2 is 1.61 bits per heavy atom. The Morgan fingerprint density at radius 1 is 0.970 bits per heavy atom. The predicted octanol–water partition coefficient (Wildman–Crippen LogP) is 5.17. The van der Waals surface area contributed by atoms with Crippen molar-refractivity contribution in [3.8, 4) is 22.8 Å². The van der Waals surface area contributed by atoms with E-state index in [0.29, 0.717) is 34.7 Å². The first-order valence-electron chi connectivity index (χ1n) is 9.80. The molecule has 0 spiro atoms. The highest BCUT2D eigenvalue weighted by molar-refractivity contribution is 7.88. The standard InChI is InChI=1S/C23H22F3NO5S/c1-15-11-19(32-33(28,29)23(24,25)26)12-16(2)20(15)13-18-9-10-21(31-14-30-3)22(27-18)17-7-5-4-6-8-17/h4-12H,13-14H2,1-3H3. The van der Waals surface area contributed by atoms with Crippen molar-refractivity contribution in [1.82, 2.24) is 4.98 Å². The van der Waals surface area contributed by atoms with Gasteiger partial charge in [0.15, 0.2) is 6.79 Å². The van der Waals surface area contributed by atoms with Gasteiger partial charge < -0.3 is 13.7 Å². The van der Waals surface area contributed by atoms with Gasteiger partial charge in [0, 0.05) is 24.8 Å². The van der Waals surface area contributed by atoms with Gasteiger partial charge in [0.1, 0.15) is 17.2 Å². The summed E-state index contributed by atoms with van der Waals surface area (Å²) in [5.41, 5.74) is -1.39. The van der Waals surface area contributed by atoms with Crippen molar-refractivity contribution in [3.63, 3.8) is 0 Å². The lowest BCUT2D eigenvalue weighted by atomic mass is 9.97. The zero-order valence-corrected chi connectivity index (χ0v) is 19.0. The third-order valence-corrected chi connectivity index (χ3v) is 5.79. The molecule has 10 heteroatoms. The van der Waals surface area contributed by atoms with Crippen LogP contribution in [0.5, 0.6) is 11.5 Å². The Kier molecular flexibility index (Phi) is 7.28. The van der Waals surface area contributed by atoms with Crippen LogP contribution in [-0.2, 0) is 21.3 Å². The molecule has 0 saturated carbocycles. The molecule has 176 valence electrons. The third-order valence-electron chi connectivity index (χ3n) is 4.81. The molecule has 0 fully saturated rings. The van der Waals surface area contributed by atoms with Crippen LogP contribution in [0.25, 0.3) is 11.3 Å². The molecule has 2 aromatic carbocycles. The summed E-state index contributed by atoms with van der Waals surface area (Å²) in [6, 6.07) is 15.5. The lowest BCUT2D eigenvalue weighted by Crippen LogP contribution is -2.28. The number of methoxy groups -OCH3 is 1. The normalized spacial score (nSPS) is 11.9. The molecular formula is C23H22F3NO5S. The summed E-state index contributed by atoms with van der Waals surface area (Å²) >= 11 is 0. The number of halogens is 3. The van der Waals surface area contributed by atoms with Crippen molar-refractivity contribution in [2.45, 2.75) is 25.8 Å². The molecule has 0 saturated heterocycles. The van der Waals surface area contributed by atoms with Crippen LogP contribution in [-0.4, -0.2) is 32.8 Å². The van der Waals surface area contributed by atoms with Crippen LogP contribution in [0.4, 0.5) is 13.2 Å². The molecule has 3 aromatic rings. The van der Waals surface area contributed by atoms with E-state index in [1.165, 1.54) is 19.2 Å². The van der Waals surface area contributed by atoms with Crippen LogP contribution in [0.2, 0.25) is 0 Å². The molecule has 1 heterocycles. The number of rotatable bonds is 8. The van der Waals surface area contributed by atoms with Crippen LogP contribution in [0, 0.1) is 13.8 Å². The van der Waals surface area contributed by atoms with Gasteiger partial charge in [-0.1, -0.05) is 30.3 Å². The van der Waals surface area contributed by atoms with Crippen molar-refractivity contribution >= 4 is 10.1 Å². The van der Waals surface area contributed by atoms with Crippen molar-refractivity contribution in [2.24, 2.45) is 0 Å². The van der Waals surface area contributed by atoms with Gasteiger partial charge >= 0.3 is 15.6 Å². The molecule has 0 atom stereocenters. The molecule has 6 nitrogen and oxygen atoms in total. The topological polar surface area (TPSA) is 74.7 Å². The first-order chi connectivity index (χ1) is 15.5. The maximum Gasteiger partial charge on any atom is 0.534 e. The number of aryl methyl sites for hydroxylation is 2. The molecule has 0 amide bonds. The van der Waals surface area contributed by atoms with Crippen LogP contribution < -0.4 is 8.92 Å². The fourth-order valence-electron chi connectivity index (χ4n) is 3.26. The number of benzene rings is 2. The van der Waals surface area contributed by atoms with Crippen molar-refractivity contribution in [2.75, 3.05) is 13.9 Å². The average molecular weight is 481 g/mol. The summed E-state index contributed by atoms with van der Waals surface area (Å²) in [5.74, 6) is 0.147. The van der Waals surface area contributed by atoms with E-state index in [4.69, 9.17) is 14.5 Å². The monoisotopic (exact) mass is 481 g/mol. The van der Waals surface area contributed by atoms with Crippen LogP contribution in [0.3, 0.4) is 0 Å². The highest BCUT2D eigenvalue weighted by atomic mass is 32.2. The SMILES string of the molecule is COCOc1ccc(Cc2c(C)cc(OS(=O)(=O)C(F)(F)F)cc2C)nc1-c1ccccc1. The summed E-state index contributed by atoms with van der Waals surface area (Å²) < 4.78 is 75.4. The lowest BCUT2D eigenvalue weighted by molar-refractivity contribution is -0.0500. The molecule has 1 aromatic heterocycles. The third kappa shape index (κ3) is 5.82. The second-order valence-corrected chi connectivity index (χ2v) is 8.80. The Labute approximate surface area is 190 Å². The molecule has 0 aliphatic carbocycles. The summed E-state index contributed by atoms with van der Waals surface area (Å²) in [7, 11) is -4.22. The number of ether oxygens (including phenoxy) is 2. The van der Waals surface area contributed by atoms with Crippen molar-refractivity contribution < 1.29 is 35.2 Å². The first kappa shape index (κ1) is 24.5. The molecule has 0 radical (unpaired) electrons. The number of hydrogen-bond acceptors (Lipinski definition) is 6. The van der Waals surface area contributed by atoms with Crippen LogP contribution >= 0.6 is 0 Å². The second-order valence-electron chi connectivity index (χ2n) is 7.26. The lowest BCUT2D eigenvalue weighted by Gasteiger charge is -2.16. The van der Waals surface area contributed by atoms with Gasteiger partial charge in [-0.05, 0) is 54.8 Å². The Balaban J connectivity index is 1.93. The van der Waals surface area contributed by atoms with Gasteiger partial charge in [-0.2, -0.15) is 21.6 Å². The van der Waals surface area contributed by atoms with Gasteiger partial charge in [-0.15, -0.1) is 0 Å². The number of alkyl halides is 3.